The van der Waals surface area contributed by atoms with Crippen molar-refractivity contribution in [3.63, 3.8) is 0 Å². The molecule has 2 aromatic rings. The van der Waals surface area contributed by atoms with Crippen molar-refractivity contribution in [1.29, 1.82) is 0 Å². The first-order valence-electron chi connectivity index (χ1n) is 8.94. The standard InChI is InChI=1S/C19H22N2O5/c1-24-16-13-5-2-3-6-14(13)26-17(16)19(23)21-10-8-20(9-11-21)18(22)15-7-4-12-25-15/h2-3,5-6,15H,4,7-12H2,1H3/t15-/m1/s1. The van der Waals surface area contributed by atoms with Gasteiger partial charge in [-0.05, 0) is 25.0 Å². The number of carbonyl (C=O) groups is 2. The van der Waals surface area contributed by atoms with Crippen LogP contribution in [0.5, 0.6) is 5.75 Å². The van der Waals surface area contributed by atoms with Crippen molar-refractivity contribution in [1.82, 2.24) is 9.80 Å². The number of rotatable bonds is 3. The highest BCUT2D eigenvalue weighted by Crippen LogP contribution is 2.33. The van der Waals surface area contributed by atoms with Crippen molar-refractivity contribution in [2.45, 2.75) is 18.9 Å². The Morgan fingerprint density at radius 2 is 1.85 bits per heavy atom. The number of amides is 2. The van der Waals surface area contributed by atoms with Crippen molar-refractivity contribution in [3.8, 4) is 5.75 Å². The quantitative estimate of drug-likeness (QED) is 0.838. The molecule has 3 heterocycles. The van der Waals surface area contributed by atoms with Crippen LogP contribution >= 0.6 is 0 Å². The minimum atomic E-state index is -0.312. The van der Waals surface area contributed by atoms with Crippen LogP contribution in [0.2, 0.25) is 0 Å². The van der Waals surface area contributed by atoms with Gasteiger partial charge in [0.25, 0.3) is 11.8 Å². The largest absolute Gasteiger partial charge is 0.492 e. The molecule has 138 valence electrons. The number of methoxy groups -OCH3 is 1. The zero-order valence-electron chi connectivity index (χ0n) is 14.8. The fraction of sp³-hybridized carbons (Fsp3) is 0.474. The molecule has 0 radical (unpaired) electrons. The molecule has 1 aromatic carbocycles. The highest BCUT2D eigenvalue weighted by molar-refractivity contribution is 6.01. The van der Waals surface area contributed by atoms with Crippen LogP contribution in [0.3, 0.4) is 0 Å². The van der Waals surface area contributed by atoms with Crippen molar-refractivity contribution in [2.75, 3.05) is 39.9 Å². The number of benzene rings is 1. The summed E-state index contributed by atoms with van der Waals surface area (Å²) in [6.45, 7) is 2.61. The molecular formula is C19H22N2O5. The van der Waals surface area contributed by atoms with E-state index in [9.17, 15) is 9.59 Å². The van der Waals surface area contributed by atoms with Gasteiger partial charge < -0.3 is 23.7 Å². The third-order valence-corrected chi connectivity index (χ3v) is 5.03. The summed E-state index contributed by atoms with van der Waals surface area (Å²) in [7, 11) is 1.53. The topological polar surface area (TPSA) is 72.2 Å². The normalized spacial score (nSPS) is 20.6. The van der Waals surface area contributed by atoms with Crippen LogP contribution in [-0.4, -0.2) is 67.6 Å². The molecule has 26 heavy (non-hydrogen) atoms. The van der Waals surface area contributed by atoms with Crippen LogP contribution in [-0.2, 0) is 9.53 Å². The van der Waals surface area contributed by atoms with E-state index in [-0.39, 0.29) is 23.7 Å². The summed E-state index contributed by atoms with van der Waals surface area (Å²) in [5.74, 6) is 0.509. The molecule has 2 aliphatic rings. The van der Waals surface area contributed by atoms with Gasteiger partial charge in [-0.3, -0.25) is 9.59 Å². The van der Waals surface area contributed by atoms with E-state index in [0.29, 0.717) is 44.1 Å². The Kier molecular flexibility index (Phi) is 4.55. The van der Waals surface area contributed by atoms with Crippen molar-refractivity contribution >= 4 is 22.8 Å². The maximum atomic E-state index is 12.9. The van der Waals surface area contributed by atoms with E-state index in [0.717, 1.165) is 18.2 Å². The molecule has 0 bridgehead atoms. The molecule has 4 rings (SSSR count). The van der Waals surface area contributed by atoms with Gasteiger partial charge >= 0.3 is 0 Å². The monoisotopic (exact) mass is 358 g/mol. The predicted octanol–water partition coefficient (Wildman–Crippen LogP) is 1.90. The Morgan fingerprint density at radius 3 is 2.54 bits per heavy atom. The van der Waals surface area contributed by atoms with Gasteiger partial charge in [0.2, 0.25) is 5.76 Å². The molecule has 2 saturated heterocycles. The third-order valence-electron chi connectivity index (χ3n) is 5.03. The van der Waals surface area contributed by atoms with Gasteiger partial charge in [-0.1, -0.05) is 12.1 Å². The number of fused-ring (bicyclic) bond motifs is 1. The molecule has 0 spiro atoms. The van der Waals surface area contributed by atoms with E-state index in [2.05, 4.69) is 0 Å². The van der Waals surface area contributed by atoms with Crippen LogP contribution < -0.4 is 4.74 Å². The molecule has 0 N–H and O–H groups in total. The molecule has 2 aliphatic heterocycles. The van der Waals surface area contributed by atoms with Crippen molar-refractivity contribution in [3.05, 3.63) is 30.0 Å². The van der Waals surface area contributed by atoms with Gasteiger partial charge in [0.15, 0.2) is 5.75 Å². The summed E-state index contributed by atoms with van der Waals surface area (Å²) in [6.07, 6.45) is 1.40. The van der Waals surface area contributed by atoms with Crippen molar-refractivity contribution in [2.24, 2.45) is 0 Å². The van der Waals surface area contributed by atoms with Gasteiger partial charge in [-0.15, -0.1) is 0 Å². The number of ether oxygens (including phenoxy) is 2. The molecule has 2 fully saturated rings. The molecule has 0 aliphatic carbocycles. The van der Waals surface area contributed by atoms with E-state index < -0.39 is 0 Å². The number of hydrogen-bond acceptors (Lipinski definition) is 5. The number of hydrogen-bond donors (Lipinski definition) is 0. The van der Waals surface area contributed by atoms with E-state index >= 15 is 0 Å². The SMILES string of the molecule is COc1c(C(=O)N2CCN(C(=O)[C@H]3CCCO3)CC2)oc2ccccc12. The average Bonchev–Trinajstić information content (AvgIpc) is 3.34. The highest BCUT2D eigenvalue weighted by atomic mass is 16.5. The van der Waals surface area contributed by atoms with Crippen LogP contribution in [0.4, 0.5) is 0 Å². The second-order valence-electron chi connectivity index (χ2n) is 6.58. The fourth-order valence-electron chi connectivity index (χ4n) is 3.61. The first-order valence-corrected chi connectivity index (χ1v) is 8.94. The zero-order chi connectivity index (χ0) is 18.1. The predicted molar refractivity (Wildman–Crippen MR) is 94.2 cm³/mol. The number of piperazine rings is 1. The van der Waals surface area contributed by atoms with Gasteiger partial charge in [0.1, 0.15) is 11.7 Å². The summed E-state index contributed by atoms with van der Waals surface area (Å²) in [4.78, 5) is 28.8. The molecule has 1 atom stereocenters. The summed E-state index contributed by atoms with van der Waals surface area (Å²) >= 11 is 0. The lowest BCUT2D eigenvalue weighted by atomic mass is 10.2. The molecule has 7 heteroatoms. The molecule has 2 amide bonds. The van der Waals surface area contributed by atoms with Gasteiger partial charge in [0.05, 0.1) is 12.5 Å². The number of furan rings is 1. The first-order chi connectivity index (χ1) is 12.7. The lowest BCUT2D eigenvalue weighted by molar-refractivity contribution is -0.142. The van der Waals surface area contributed by atoms with Gasteiger partial charge in [-0.2, -0.15) is 0 Å². The fourth-order valence-corrected chi connectivity index (χ4v) is 3.61. The molecule has 0 unspecified atom stereocenters. The summed E-state index contributed by atoms with van der Waals surface area (Å²) in [6, 6.07) is 7.42. The lowest BCUT2D eigenvalue weighted by Gasteiger charge is -2.35. The van der Waals surface area contributed by atoms with Gasteiger partial charge in [-0.25, -0.2) is 0 Å². The Balaban J connectivity index is 1.46. The first kappa shape index (κ1) is 16.9. The minimum absolute atomic E-state index is 0.0379. The Bertz CT molecular complexity index is 816. The molecule has 7 nitrogen and oxygen atoms in total. The maximum absolute atomic E-state index is 12.9. The number of carbonyl (C=O) groups excluding carboxylic acids is 2. The van der Waals surface area contributed by atoms with Crippen LogP contribution in [0, 0.1) is 0 Å². The van der Waals surface area contributed by atoms with Crippen molar-refractivity contribution < 1.29 is 23.5 Å². The van der Waals surface area contributed by atoms with E-state index in [4.69, 9.17) is 13.9 Å². The minimum Gasteiger partial charge on any atom is -0.492 e. The summed E-state index contributed by atoms with van der Waals surface area (Å²) in [5.41, 5.74) is 0.625. The summed E-state index contributed by atoms with van der Waals surface area (Å²) < 4.78 is 16.6. The maximum Gasteiger partial charge on any atom is 0.293 e. The van der Waals surface area contributed by atoms with Crippen LogP contribution in [0.1, 0.15) is 23.4 Å². The second kappa shape index (κ2) is 6.99. The lowest BCUT2D eigenvalue weighted by Crippen LogP contribution is -2.52. The molecule has 0 saturated carbocycles. The van der Waals surface area contributed by atoms with Crippen LogP contribution in [0.25, 0.3) is 11.0 Å². The third kappa shape index (κ3) is 2.92. The van der Waals surface area contributed by atoms with Crippen LogP contribution in [0.15, 0.2) is 28.7 Å². The van der Waals surface area contributed by atoms with Gasteiger partial charge in [0, 0.05) is 32.8 Å². The van der Waals surface area contributed by atoms with E-state index in [1.54, 1.807) is 9.80 Å². The number of nitrogens with zero attached hydrogens (tertiary/aromatic N) is 2. The highest BCUT2D eigenvalue weighted by Gasteiger charge is 2.33. The molecule has 1 aromatic heterocycles. The Hall–Kier alpha value is -2.54. The zero-order valence-corrected chi connectivity index (χ0v) is 14.8. The second-order valence-corrected chi connectivity index (χ2v) is 6.58. The Morgan fingerprint density at radius 1 is 1.12 bits per heavy atom. The van der Waals surface area contributed by atoms with E-state index in [1.807, 2.05) is 24.3 Å². The Labute approximate surface area is 151 Å². The number of para-hydroxylation sites is 1. The van der Waals surface area contributed by atoms with E-state index in [1.165, 1.54) is 7.11 Å². The molecular weight excluding hydrogens is 336 g/mol. The smallest absolute Gasteiger partial charge is 0.293 e. The summed E-state index contributed by atoms with van der Waals surface area (Å²) in [5, 5.41) is 0.783. The average molecular weight is 358 g/mol.